The zero-order chi connectivity index (χ0) is 22.6. The van der Waals surface area contributed by atoms with Crippen LogP contribution in [0.25, 0.3) is 0 Å². The Balaban J connectivity index is 1.99. The van der Waals surface area contributed by atoms with E-state index in [2.05, 4.69) is 5.32 Å². The van der Waals surface area contributed by atoms with Gasteiger partial charge in [-0.2, -0.15) is 0 Å². The number of hydrogen-bond acceptors (Lipinski definition) is 6. The Morgan fingerprint density at radius 1 is 1.16 bits per heavy atom. The molecule has 0 saturated heterocycles. The van der Waals surface area contributed by atoms with Crippen molar-refractivity contribution in [2.45, 2.75) is 43.4 Å². The Morgan fingerprint density at radius 3 is 2.48 bits per heavy atom. The van der Waals surface area contributed by atoms with Gasteiger partial charge in [-0.1, -0.05) is 36.4 Å². The fraction of sp³-hybridized carbons (Fsp3) is 0.333. The van der Waals surface area contributed by atoms with Gasteiger partial charge in [-0.25, -0.2) is 9.69 Å². The molecule has 0 radical (unpaired) electrons. The Labute approximate surface area is 187 Å². The highest BCUT2D eigenvalue weighted by Crippen LogP contribution is 2.35. The number of carbonyl (C=O) groups is 2. The molecule has 1 heterocycles. The van der Waals surface area contributed by atoms with Gasteiger partial charge < -0.3 is 14.8 Å². The quantitative estimate of drug-likeness (QED) is 0.617. The molecule has 0 unspecified atom stereocenters. The number of imide groups is 1. The number of methoxy groups -OCH3 is 1. The lowest BCUT2D eigenvalue weighted by Crippen LogP contribution is -2.46. The maximum atomic E-state index is 12.9. The second-order valence-corrected chi connectivity index (χ2v) is 8.99. The zero-order valence-electron chi connectivity index (χ0n) is 18.4. The summed E-state index contributed by atoms with van der Waals surface area (Å²) < 4.78 is 10.9. The zero-order valence-corrected chi connectivity index (χ0v) is 19.2. The molecular formula is C24H28N2O4S. The first-order chi connectivity index (χ1) is 14.7. The average Bonchev–Trinajstić information content (AvgIpc) is 3.12. The summed E-state index contributed by atoms with van der Waals surface area (Å²) in [6.45, 7) is 5.34. The third-order valence-corrected chi connectivity index (χ3v) is 5.56. The van der Waals surface area contributed by atoms with Crippen LogP contribution in [0.1, 0.15) is 32.4 Å². The van der Waals surface area contributed by atoms with Gasteiger partial charge in [-0.15, -0.1) is 11.8 Å². The fourth-order valence-corrected chi connectivity index (χ4v) is 3.97. The Hall–Kier alpha value is -2.93. The lowest BCUT2D eigenvalue weighted by Gasteiger charge is -2.33. The van der Waals surface area contributed by atoms with E-state index in [4.69, 9.17) is 9.47 Å². The summed E-state index contributed by atoms with van der Waals surface area (Å²) in [5.74, 6) is 0.374. The summed E-state index contributed by atoms with van der Waals surface area (Å²) in [5.41, 5.74) is 1.13. The predicted molar refractivity (Wildman–Crippen MR) is 124 cm³/mol. The van der Waals surface area contributed by atoms with Gasteiger partial charge in [0.1, 0.15) is 11.4 Å². The minimum atomic E-state index is -0.706. The lowest BCUT2D eigenvalue weighted by atomic mass is 9.98. The maximum absolute atomic E-state index is 12.9. The van der Waals surface area contributed by atoms with E-state index < -0.39 is 17.7 Å². The van der Waals surface area contributed by atoms with Crippen molar-refractivity contribution in [2.75, 3.05) is 18.7 Å². The highest BCUT2D eigenvalue weighted by Gasteiger charge is 2.40. The first-order valence-electron chi connectivity index (χ1n) is 10.0. The molecule has 0 aliphatic carbocycles. The number of amides is 2. The normalized spacial score (nSPS) is 16.9. The fourth-order valence-electron chi connectivity index (χ4n) is 3.39. The average molecular weight is 441 g/mol. The molecule has 0 aromatic heterocycles. The van der Waals surface area contributed by atoms with Crippen molar-refractivity contribution in [1.82, 2.24) is 4.90 Å². The van der Waals surface area contributed by atoms with Gasteiger partial charge in [0.2, 0.25) is 0 Å². The first-order valence-corrected chi connectivity index (χ1v) is 11.2. The summed E-state index contributed by atoms with van der Waals surface area (Å²) in [6, 6.07) is 14.6. The van der Waals surface area contributed by atoms with Crippen molar-refractivity contribution in [1.29, 1.82) is 0 Å². The molecule has 0 fully saturated rings. The molecule has 1 N–H and O–H groups in total. The van der Waals surface area contributed by atoms with Gasteiger partial charge in [-0.05, 0) is 50.8 Å². The molecule has 0 spiro atoms. The van der Waals surface area contributed by atoms with Crippen LogP contribution in [-0.2, 0) is 9.53 Å². The minimum Gasteiger partial charge on any atom is -0.497 e. The monoisotopic (exact) mass is 440 g/mol. The van der Waals surface area contributed by atoms with Crippen LogP contribution in [0.5, 0.6) is 5.75 Å². The van der Waals surface area contributed by atoms with Gasteiger partial charge in [-0.3, -0.25) is 4.79 Å². The number of benzene rings is 2. The van der Waals surface area contributed by atoms with E-state index in [1.807, 2.05) is 54.8 Å². The van der Waals surface area contributed by atoms with Gasteiger partial charge in [0, 0.05) is 16.7 Å². The molecule has 2 aromatic rings. The summed E-state index contributed by atoms with van der Waals surface area (Å²) in [7, 11) is 1.63. The highest BCUT2D eigenvalue weighted by atomic mass is 32.2. The molecule has 31 heavy (non-hydrogen) atoms. The summed E-state index contributed by atoms with van der Waals surface area (Å²) in [6.07, 6.45) is 4.51. The third-order valence-electron chi connectivity index (χ3n) is 4.78. The van der Waals surface area contributed by atoms with Crippen LogP contribution in [0, 0.1) is 0 Å². The number of rotatable bonds is 6. The van der Waals surface area contributed by atoms with E-state index in [1.54, 1.807) is 45.7 Å². The smallest absolute Gasteiger partial charge is 0.417 e. The van der Waals surface area contributed by atoms with Crippen molar-refractivity contribution < 1.29 is 19.1 Å². The molecule has 7 heteroatoms. The molecule has 0 saturated carbocycles. The number of nitrogens with zero attached hydrogens (tertiary/aromatic N) is 1. The van der Waals surface area contributed by atoms with E-state index in [0.717, 1.165) is 21.9 Å². The van der Waals surface area contributed by atoms with Crippen molar-refractivity contribution in [2.24, 2.45) is 0 Å². The highest BCUT2D eigenvalue weighted by molar-refractivity contribution is 7.98. The topological polar surface area (TPSA) is 67.9 Å². The third kappa shape index (κ3) is 5.41. The Bertz CT molecular complexity index is 969. The van der Waals surface area contributed by atoms with Crippen LogP contribution in [-0.4, -0.2) is 41.9 Å². The molecule has 3 rings (SSSR count). The number of ether oxygens (including phenoxy) is 2. The molecule has 164 valence electrons. The second kappa shape index (κ2) is 9.47. The van der Waals surface area contributed by atoms with E-state index >= 15 is 0 Å². The molecule has 1 aliphatic heterocycles. The molecule has 2 amide bonds. The van der Waals surface area contributed by atoms with Crippen molar-refractivity contribution in [3.05, 3.63) is 66.2 Å². The van der Waals surface area contributed by atoms with Crippen LogP contribution in [0.2, 0.25) is 0 Å². The number of nitrogens with one attached hydrogen (secondary N) is 1. The minimum absolute atomic E-state index is 0.365. The summed E-state index contributed by atoms with van der Waals surface area (Å²) in [4.78, 5) is 27.6. The molecule has 0 bridgehead atoms. The summed E-state index contributed by atoms with van der Waals surface area (Å²) >= 11 is 1.59. The van der Waals surface area contributed by atoms with Crippen molar-refractivity contribution >= 4 is 29.4 Å². The summed E-state index contributed by atoms with van der Waals surface area (Å²) in [5, 5.41) is 3.55. The maximum Gasteiger partial charge on any atom is 0.417 e. The number of carbonyl (C=O) groups excluding carboxylic acids is 2. The molecular weight excluding hydrogens is 412 g/mol. The van der Waals surface area contributed by atoms with Crippen LogP contribution in [0.3, 0.4) is 0 Å². The van der Waals surface area contributed by atoms with Gasteiger partial charge >= 0.3 is 6.09 Å². The van der Waals surface area contributed by atoms with Gasteiger partial charge in [0.05, 0.1) is 19.2 Å². The molecule has 2 atom stereocenters. The molecule has 1 aliphatic rings. The second-order valence-electron chi connectivity index (χ2n) is 8.14. The van der Waals surface area contributed by atoms with Crippen molar-refractivity contribution in [3.63, 3.8) is 0 Å². The predicted octanol–water partition coefficient (Wildman–Crippen LogP) is 5.27. The molecule has 2 aromatic carbocycles. The SMILES string of the molecule is COc1ccc(N[C@@H](c2ccccc2)[C@H]2C=CC(=O)N2C(=O)OC(C)(C)C)c(SC)c1. The van der Waals surface area contributed by atoms with Crippen LogP contribution >= 0.6 is 11.8 Å². The van der Waals surface area contributed by atoms with Gasteiger partial charge in [0.15, 0.2) is 0 Å². The molecule has 6 nitrogen and oxygen atoms in total. The largest absolute Gasteiger partial charge is 0.497 e. The van der Waals surface area contributed by atoms with E-state index in [1.165, 1.54) is 11.0 Å². The van der Waals surface area contributed by atoms with Crippen LogP contribution in [0.15, 0.2) is 65.6 Å². The first kappa shape index (κ1) is 22.7. The lowest BCUT2D eigenvalue weighted by molar-refractivity contribution is -0.125. The van der Waals surface area contributed by atoms with Crippen LogP contribution in [0.4, 0.5) is 10.5 Å². The van der Waals surface area contributed by atoms with Crippen molar-refractivity contribution in [3.8, 4) is 5.75 Å². The Kier molecular flexibility index (Phi) is 6.95. The van der Waals surface area contributed by atoms with Gasteiger partial charge in [0.25, 0.3) is 5.91 Å². The number of thioether (sulfide) groups is 1. The van der Waals surface area contributed by atoms with Crippen LogP contribution < -0.4 is 10.1 Å². The number of anilines is 1. The van der Waals surface area contributed by atoms with E-state index in [9.17, 15) is 9.59 Å². The van der Waals surface area contributed by atoms with E-state index in [-0.39, 0.29) is 11.9 Å². The Morgan fingerprint density at radius 2 is 1.87 bits per heavy atom. The van der Waals surface area contributed by atoms with E-state index in [0.29, 0.717) is 0 Å². The number of hydrogen-bond donors (Lipinski definition) is 1. The standard InChI is InChI=1S/C24H28N2O4S/c1-24(2,3)30-23(28)26-19(13-14-21(26)27)22(16-9-7-6-8-10-16)25-18-12-11-17(29-4)15-20(18)31-5/h6-15,19,22,25H,1-5H3/t19-,22+/m1/s1.